The summed E-state index contributed by atoms with van der Waals surface area (Å²) in [5.41, 5.74) is 7.39. The lowest BCUT2D eigenvalue weighted by atomic mass is 10.1. The summed E-state index contributed by atoms with van der Waals surface area (Å²) in [6, 6.07) is 17.9. The maximum absolute atomic E-state index is 2.62. The molecule has 1 aliphatic heterocycles. The molecule has 1 aliphatic rings. The normalized spacial score (nSPS) is 15.3. The Bertz CT molecular complexity index is 861. The van der Waals surface area contributed by atoms with Crippen molar-refractivity contribution in [1.82, 2.24) is 9.47 Å². The highest BCUT2D eigenvalue weighted by Crippen LogP contribution is 2.31. The van der Waals surface area contributed by atoms with Gasteiger partial charge in [0.2, 0.25) is 0 Å². The van der Waals surface area contributed by atoms with Gasteiger partial charge in [0.05, 0.1) is 0 Å². The van der Waals surface area contributed by atoms with Crippen LogP contribution in [0.1, 0.15) is 35.2 Å². The van der Waals surface area contributed by atoms with Crippen molar-refractivity contribution in [3.63, 3.8) is 0 Å². The van der Waals surface area contributed by atoms with Gasteiger partial charge in [0.1, 0.15) is 0 Å². The third-order valence-corrected chi connectivity index (χ3v) is 5.51. The van der Waals surface area contributed by atoms with E-state index in [0.29, 0.717) is 0 Å². The van der Waals surface area contributed by atoms with Gasteiger partial charge in [-0.05, 0) is 69.5 Å². The van der Waals surface area contributed by atoms with Gasteiger partial charge >= 0.3 is 0 Å². The Labute approximate surface area is 151 Å². The Morgan fingerprint density at radius 1 is 1.04 bits per heavy atom. The molecule has 4 rings (SSSR count). The molecule has 0 bridgehead atoms. The van der Waals surface area contributed by atoms with Gasteiger partial charge in [-0.25, -0.2) is 0 Å². The Hall–Kier alpha value is -2.06. The average Bonchev–Trinajstić information content (AvgIpc) is 2.76. The second-order valence-corrected chi connectivity index (χ2v) is 7.53. The first-order valence-corrected chi connectivity index (χ1v) is 9.55. The van der Waals surface area contributed by atoms with E-state index in [4.69, 9.17) is 0 Å². The first-order valence-electron chi connectivity index (χ1n) is 9.55. The van der Waals surface area contributed by atoms with Gasteiger partial charge in [-0.2, -0.15) is 0 Å². The number of aryl methyl sites for hydroxylation is 3. The van der Waals surface area contributed by atoms with Crippen LogP contribution < -0.4 is 0 Å². The highest BCUT2D eigenvalue weighted by molar-refractivity contribution is 5.86. The fourth-order valence-electron chi connectivity index (χ4n) is 4.26. The van der Waals surface area contributed by atoms with Crippen molar-refractivity contribution in [2.45, 2.75) is 45.7 Å². The van der Waals surface area contributed by atoms with Crippen LogP contribution in [0, 0.1) is 6.92 Å². The number of nitrogens with zero attached hydrogens (tertiary/aromatic N) is 2. The Balaban J connectivity index is 1.66. The third kappa shape index (κ3) is 3.36. The molecule has 1 aromatic heterocycles. The second kappa shape index (κ2) is 7.05. The summed E-state index contributed by atoms with van der Waals surface area (Å²) in [6.45, 7) is 5.61. The molecule has 0 spiro atoms. The first-order chi connectivity index (χ1) is 12.2. The number of fused-ring (bicyclic) bond motifs is 3. The molecule has 0 unspecified atom stereocenters. The van der Waals surface area contributed by atoms with Crippen LogP contribution in [0.3, 0.4) is 0 Å². The zero-order valence-corrected chi connectivity index (χ0v) is 15.5. The number of benzene rings is 2. The van der Waals surface area contributed by atoms with Gasteiger partial charge in [0, 0.05) is 29.7 Å². The van der Waals surface area contributed by atoms with Crippen molar-refractivity contribution in [3.05, 3.63) is 70.9 Å². The molecule has 2 heteroatoms. The van der Waals surface area contributed by atoms with Crippen LogP contribution in [-0.2, 0) is 25.9 Å². The third-order valence-electron chi connectivity index (χ3n) is 5.51. The molecule has 0 saturated carbocycles. The van der Waals surface area contributed by atoms with Crippen molar-refractivity contribution in [2.75, 3.05) is 13.6 Å². The minimum atomic E-state index is 1.08. The van der Waals surface area contributed by atoms with Gasteiger partial charge in [0.15, 0.2) is 0 Å². The Morgan fingerprint density at radius 2 is 1.88 bits per heavy atom. The van der Waals surface area contributed by atoms with E-state index in [-0.39, 0.29) is 0 Å². The SMILES string of the molecule is Cc1ccc2c(c1)c1c(n2CCCc2ccccc2)CCCN(C)C1. The predicted molar refractivity (Wildman–Crippen MR) is 106 cm³/mol. The van der Waals surface area contributed by atoms with E-state index >= 15 is 0 Å². The molecule has 0 aliphatic carbocycles. The number of hydrogen-bond donors (Lipinski definition) is 0. The molecular weight excluding hydrogens is 304 g/mol. The van der Waals surface area contributed by atoms with Gasteiger partial charge in [-0.1, -0.05) is 42.0 Å². The number of rotatable bonds is 4. The maximum Gasteiger partial charge on any atom is 0.0486 e. The molecule has 2 nitrogen and oxygen atoms in total. The zero-order chi connectivity index (χ0) is 17.2. The molecule has 0 atom stereocenters. The molecule has 0 saturated heterocycles. The summed E-state index contributed by atoms with van der Waals surface area (Å²) in [6.07, 6.45) is 4.82. The molecule has 2 aromatic carbocycles. The van der Waals surface area contributed by atoms with E-state index in [2.05, 4.69) is 72.0 Å². The molecule has 25 heavy (non-hydrogen) atoms. The van der Waals surface area contributed by atoms with E-state index in [9.17, 15) is 0 Å². The summed E-state index contributed by atoms with van der Waals surface area (Å²) in [7, 11) is 2.25. The molecule has 3 aromatic rings. The van der Waals surface area contributed by atoms with Gasteiger partial charge in [-0.15, -0.1) is 0 Å². The van der Waals surface area contributed by atoms with Crippen molar-refractivity contribution < 1.29 is 0 Å². The molecular formula is C23H28N2. The van der Waals surface area contributed by atoms with Crippen molar-refractivity contribution in [1.29, 1.82) is 0 Å². The van der Waals surface area contributed by atoms with E-state index in [0.717, 1.165) is 19.5 Å². The quantitative estimate of drug-likeness (QED) is 0.655. The van der Waals surface area contributed by atoms with Crippen LogP contribution >= 0.6 is 0 Å². The molecule has 0 amide bonds. The monoisotopic (exact) mass is 332 g/mol. The van der Waals surface area contributed by atoms with E-state index in [1.165, 1.54) is 47.8 Å². The highest BCUT2D eigenvalue weighted by Gasteiger charge is 2.20. The standard InChI is InChI=1S/C23H28N2/c1-18-12-13-23-20(16-18)21-17-24(2)14-7-11-22(21)25(23)15-6-10-19-8-4-3-5-9-19/h3-5,8-9,12-13,16H,6-7,10-11,14-15,17H2,1-2H3. The van der Waals surface area contributed by atoms with Crippen LogP contribution in [0.2, 0.25) is 0 Å². The second-order valence-electron chi connectivity index (χ2n) is 7.53. The number of aromatic nitrogens is 1. The van der Waals surface area contributed by atoms with E-state index < -0.39 is 0 Å². The summed E-state index contributed by atoms with van der Waals surface area (Å²) >= 11 is 0. The highest BCUT2D eigenvalue weighted by atomic mass is 15.1. The van der Waals surface area contributed by atoms with E-state index in [1.807, 2.05) is 0 Å². The van der Waals surface area contributed by atoms with Crippen molar-refractivity contribution in [3.8, 4) is 0 Å². The molecule has 2 heterocycles. The van der Waals surface area contributed by atoms with Crippen LogP contribution in [0.5, 0.6) is 0 Å². The van der Waals surface area contributed by atoms with Crippen molar-refractivity contribution in [2.24, 2.45) is 0 Å². The van der Waals surface area contributed by atoms with Crippen LogP contribution in [0.15, 0.2) is 48.5 Å². The van der Waals surface area contributed by atoms with Crippen LogP contribution in [0.4, 0.5) is 0 Å². The Morgan fingerprint density at radius 3 is 2.72 bits per heavy atom. The fourth-order valence-corrected chi connectivity index (χ4v) is 4.26. The fraction of sp³-hybridized carbons (Fsp3) is 0.391. The zero-order valence-electron chi connectivity index (χ0n) is 15.5. The summed E-state index contributed by atoms with van der Waals surface area (Å²) < 4.78 is 2.62. The first kappa shape index (κ1) is 16.4. The smallest absolute Gasteiger partial charge is 0.0486 e. The van der Waals surface area contributed by atoms with Gasteiger partial charge in [0.25, 0.3) is 0 Å². The maximum atomic E-state index is 2.62. The molecule has 0 N–H and O–H groups in total. The lowest BCUT2D eigenvalue weighted by Gasteiger charge is -2.12. The lowest BCUT2D eigenvalue weighted by molar-refractivity contribution is 0.333. The Kier molecular flexibility index (Phi) is 4.63. The lowest BCUT2D eigenvalue weighted by Crippen LogP contribution is -2.17. The van der Waals surface area contributed by atoms with Gasteiger partial charge < -0.3 is 9.47 Å². The van der Waals surface area contributed by atoms with E-state index in [1.54, 1.807) is 11.3 Å². The van der Waals surface area contributed by atoms with Crippen LogP contribution in [-0.4, -0.2) is 23.1 Å². The summed E-state index contributed by atoms with van der Waals surface area (Å²) in [5, 5.41) is 1.48. The minimum Gasteiger partial charge on any atom is -0.344 e. The largest absolute Gasteiger partial charge is 0.344 e. The topological polar surface area (TPSA) is 8.17 Å². The predicted octanol–water partition coefficient (Wildman–Crippen LogP) is 4.96. The van der Waals surface area contributed by atoms with Gasteiger partial charge in [-0.3, -0.25) is 0 Å². The molecule has 130 valence electrons. The average molecular weight is 332 g/mol. The molecule has 0 radical (unpaired) electrons. The number of hydrogen-bond acceptors (Lipinski definition) is 1. The van der Waals surface area contributed by atoms with Crippen LogP contribution in [0.25, 0.3) is 10.9 Å². The van der Waals surface area contributed by atoms with Crippen molar-refractivity contribution >= 4 is 10.9 Å². The summed E-state index contributed by atoms with van der Waals surface area (Å²) in [4.78, 5) is 2.47. The molecule has 0 fully saturated rings. The minimum absolute atomic E-state index is 1.08. The summed E-state index contributed by atoms with van der Waals surface area (Å²) in [5.74, 6) is 0.